The minimum atomic E-state index is -0.406. The molecule has 0 atom stereocenters. The highest BCUT2D eigenvalue weighted by atomic mass is 32.2. The van der Waals surface area contributed by atoms with Crippen LogP contribution >= 0.6 is 11.8 Å². The minimum Gasteiger partial charge on any atom is -0.313 e. The third-order valence-corrected chi connectivity index (χ3v) is 8.00. The van der Waals surface area contributed by atoms with Crippen LogP contribution in [-0.4, -0.2) is 24.9 Å². The van der Waals surface area contributed by atoms with Gasteiger partial charge in [-0.25, -0.2) is 9.78 Å². The summed E-state index contributed by atoms with van der Waals surface area (Å²) in [7, 11) is 1.67. The Labute approximate surface area is 216 Å². The fraction of sp³-hybridized carbons (Fsp3) is 0.821. The van der Waals surface area contributed by atoms with Crippen LogP contribution in [0.15, 0.2) is 14.7 Å². The number of hydrogen-bond donors (Lipinski definition) is 1. The van der Waals surface area contributed by atoms with Gasteiger partial charge < -0.3 is 4.57 Å². The normalized spacial score (nSPS) is 11.6. The number of aryl methyl sites for hydroxylation is 2. The molecule has 2 aromatic heterocycles. The van der Waals surface area contributed by atoms with E-state index in [4.69, 9.17) is 0 Å². The van der Waals surface area contributed by atoms with Gasteiger partial charge in [0.1, 0.15) is 0 Å². The van der Waals surface area contributed by atoms with Crippen molar-refractivity contribution in [2.75, 3.05) is 5.75 Å². The van der Waals surface area contributed by atoms with Crippen LogP contribution in [0.2, 0.25) is 0 Å². The lowest BCUT2D eigenvalue weighted by molar-refractivity contribution is 0.531. The zero-order chi connectivity index (χ0) is 25.3. The van der Waals surface area contributed by atoms with E-state index in [-0.39, 0.29) is 5.56 Å². The Morgan fingerprint density at radius 1 is 0.714 bits per heavy atom. The topological polar surface area (TPSA) is 72.7 Å². The maximum atomic E-state index is 12.4. The van der Waals surface area contributed by atoms with Crippen molar-refractivity contribution in [2.45, 2.75) is 141 Å². The predicted octanol–water partition coefficient (Wildman–Crippen LogP) is 7.58. The van der Waals surface area contributed by atoms with Crippen molar-refractivity contribution in [3.05, 3.63) is 20.8 Å². The molecule has 2 rings (SSSR count). The molecule has 7 heteroatoms. The smallest absolute Gasteiger partial charge is 0.313 e. The van der Waals surface area contributed by atoms with E-state index in [0.29, 0.717) is 11.2 Å². The molecule has 0 radical (unpaired) electrons. The van der Waals surface area contributed by atoms with Gasteiger partial charge in [0.2, 0.25) is 0 Å². The molecule has 2 aromatic rings. The van der Waals surface area contributed by atoms with Gasteiger partial charge in [0.05, 0.1) is 0 Å². The molecule has 0 unspecified atom stereocenters. The van der Waals surface area contributed by atoms with Crippen LogP contribution in [0, 0.1) is 0 Å². The number of nitrogens with one attached hydrogen (secondary N) is 1. The largest absolute Gasteiger partial charge is 0.329 e. The van der Waals surface area contributed by atoms with Gasteiger partial charge in [0.15, 0.2) is 16.3 Å². The van der Waals surface area contributed by atoms with Crippen LogP contribution in [0.25, 0.3) is 11.2 Å². The van der Waals surface area contributed by atoms with Crippen LogP contribution in [0.3, 0.4) is 0 Å². The number of rotatable bonds is 21. The van der Waals surface area contributed by atoms with Crippen molar-refractivity contribution in [1.29, 1.82) is 0 Å². The maximum Gasteiger partial charge on any atom is 0.329 e. The Morgan fingerprint density at radius 2 is 1.20 bits per heavy atom. The van der Waals surface area contributed by atoms with Gasteiger partial charge in [-0.3, -0.25) is 14.3 Å². The number of aromatic nitrogens is 4. The lowest BCUT2D eigenvalue weighted by atomic mass is 10.0. The number of fused-ring (bicyclic) bond motifs is 1. The van der Waals surface area contributed by atoms with Crippen molar-refractivity contribution in [1.82, 2.24) is 19.1 Å². The number of nitrogens with zero attached hydrogens (tertiary/aromatic N) is 3. The number of H-pyrrole nitrogens is 1. The molecule has 0 saturated carbocycles. The summed E-state index contributed by atoms with van der Waals surface area (Å²) in [5.41, 5.74) is 0.275. The molecule has 0 fully saturated rings. The maximum absolute atomic E-state index is 12.4. The van der Waals surface area contributed by atoms with Crippen molar-refractivity contribution >= 4 is 22.9 Å². The lowest BCUT2D eigenvalue weighted by Gasteiger charge is -2.07. The molecule has 2 heterocycles. The van der Waals surface area contributed by atoms with Crippen LogP contribution in [0.1, 0.15) is 129 Å². The molecule has 0 aliphatic rings. The first-order valence-electron chi connectivity index (χ1n) is 14.4. The number of aromatic amines is 1. The van der Waals surface area contributed by atoms with Crippen LogP contribution in [0.5, 0.6) is 0 Å². The summed E-state index contributed by atoms with van der Waals surface area (Å²) in [6.45, 7) is 5.18. The van der Waals surface area contributed by atoms with Crippen LogP contribution < -0.4 is 11.2 Å². The average molecular weight is 507 g/mol. The molecule has 35 heavy (non-hydrogen) atoms. The molecule has 0 aliphatic carbocycles. The minimum absolute atomic E-state index is 0.332. The molecule has 0 aromatic carbocycles. The summed E-state index contributed by atoms with van der Waals surface area (Å²) in [5, 5.41) is 0.862. The number of thioether (sulfide) groups is 1. The molecule has 0 saturated heterocycles. The monoisotopic (exact) mass is 506 g/mol. The number of imidazole rings is 1. The summed E-state index contributed by atoms with van der Waals surface area (Å²) in [5.74, 6) is 1.000. The predicted molar refractivity (Wildman–Crippen MR) is 151 cm³/mol. The molecule has 0 bridgehead atoms. The Morgan fingerprint density at radius 3 is 1.71 bits per heavy atom. The van der Waals surface area contributed by atoms with Gasteiger partial charge in [-0.05, 0) is 12.8 Å². The summed E-state index contributed by atoms with van der Waals surface area (Å²) in [6.07, 6.45) is 24.0. The van der Waals surface area contributed by atoms with Crippen molar-refractivity contribution in [2.24, 2.45) is 7.05 Å². The van der Waals surface area contributed by atoms with E-state index >= 15 is 0 Å². The molecule has 200 valence electrons. The second-order valence-corrected chi connectivity index (χ2v) is 11.1. The highest BCUT2D eigenvalue weighted by Gasteiger charge is 2.17. The van der Waals surface area contributed by atoms with Crippen LogP contribution in [-0.2, 0) is 13.6 Å². The third-order valence-electron chi connectivity index (χ3n) is 6.94. The standard InChI is InChI=1S/C28H50N4O2S/c1-4-6-8-9-10-11-12-13-14-15-16-17-18-19-20-21-23-35-28-29-25-24(32(28)22-7-5-2)26(33)30-27(34)31(25)3/h4-23H2,1-3H3,(H,30,33,34). The van der Waals surface area contributed by atoms with E-state index in [2.05, 4.69) is 23.8 Å². The van der Waals surface area contributed by atoms with Gasteiger partial charge in [0, 0.05) is 19.3 Å². The van der Waals surface area contributed by atoms with E-state index in [0.717, 1.165) is 36.7 Å². The van der Waals surface area contributed by atoms with E-state index in [1.807, 2.05) is 4.57 Å². The zero-order valence-electron chi connectivity index (χ0n) is 22.7. The SMILES string of the molecule is CCCCCCCCCCCCCCCCCCSc1nc2c(c(=O)[nH]c(=O)n2C)n1CCCC. The van der Waals surface area contributed by atoms with Gasteiger partial charge >= 0.3 is 5.69 Å². The fourth-order valence-corrected chi connectivity index (χ4v) is 5.68. The fourth-order valence-electron chi connectivity index (χ4n) is 4.66. The van der Waals surface area contributed by atoms with Gasteiger partial charge in [-0.1, -0.05) is 128 Å². The lowest BCUT2D eigenvalue weighted by Crippen LogP contribution is -2.29. The second kappa shape index (κ2) is 17.9. The first-order valence-corrected chi connectivity index (χ1v) is 15.4. The van der Waals surface area contributed by atoms with Crippen molar-refractivity contribution < 1.29 is 0 Å². The van der Waals surface area contributed by atoms with Gasteiger partial charge in [0.25, 0.3) is 5.56 Å². The van der Waals surface area contributed by atoms with Crippen molar-refractivity contribution in [3.8, 4) is 0 Å². The van der Waals surface area contributed by atoms with Gasteiger partial charge in [-0.2, -0.15) is 0 Å². The molecule has 6 nitrogen and oxygen atoms in total. The second-order valence-electron chi connectivity index (χ2n) is 10.0. The Bertz CT molecular complexity index is 947. The third kappa shape index (κ3) is 10.6. The Kier molecular flexibility index (Phi) is 15.2. The molecular weight excluding hydrogens is 456 g/mol. The first-order chi connectivity index (χ1) is 17.1. The summed E-state index contributed by atoms with van der Waals surface area (Å²) < 4.78 is 3.45. The highest BCUT2D eigenvalue weighted by Crippen LogP contribution is 2.24. The Balaban J connectivity index is 1.58. The van der Waals surface area contributed by atoms with E-state index in [1.165, 1.54) is 101 Å². The van der Waals surface area contributed by atoms with E-state index in [9.17, 15) is 9.59 Å². The molecule has 1 N–H and O–H groups in total. The van der Waals surface area contributed by atoms with E-state index < -0.39 is 5.69 Å². The molecular formula is C28H50N4O2S. The summed E-state index contributed by atoms with van der Waals surface area (Å²) in [4.78, 5) is 31.5. The highest BCUT2D eigenvalue weighted by molar-refractivity contribution is 7.99. The molecule has 0 aliphatic heterocycles. The molecule has 0 amide bonds. The van der Waals surface area contributed by atoms with Crippen molar-refractivity contribution in [3.63, 3.8) is 0 Å². The quantitative estimate of drug-likeness (QED) is 0.140. The Hall–Kier alpha value is -1.50. The van der Waals surface area contributed by atoms with Gasteiger partial charge in [-0.15, -0.1) is 0 Å². The number of unbranched alkanes of at least 4 members (excludes halogenated alkanes) is 16. The summed E-state index contributed by atoms with van der Waals surface area (Å²) in [6, 6.07) is 0. The summed E-state index contributed by atoms with van der Waals surface area (Å²) >= 11 is 1.72. The van der Waals surface area contributed by atoms with E-state index in [1.54, 1.807) is 18.8 Å². The number of hydrogen-bond acceptors (Lipinski definition) is 4. The average Bonchev–Trinajstić information content (AvgIpc) is 3.22. The van der Waals surface area contributed by atoms with Crippen LogP contribution in [0.4, 0.5) is 0 Å². The zero-order valence-corrected chi connectivity index (χ0v) is 23.5. The first kappa shape index (κ1) is 29.7. The molecule has 0 spiro atoms.